The predicted molar refractivity (Wildman–Crippen MR) is 130 cm³/mol. The molecule has 7 nitrogen and oxygen atoms in total. The molecule has 0 aliphatic carbocycles. The van der Waals surface area contributed by atoms with Gasteiger partial charge in [-0.2, -0.15) is 5.26 Å². The number of benzene rings is 2. The van der Waals surface area contributed by atoms with Crippen LogP contribution >= 0.6 is 11.3 Å². The standard InChI is InChI=1S/C25H25N3O4S/c26-14-20(25(31)27-15-22(30)16-29)13-23-5-6-24(33-23)19-2-1-18-12-21(4-3-17(18)11-19)28-7-9-32-10-8-28/h1-6,11-13,22,29-30H,7-10,15-16H2,(H,27,31)/b20-13+. The zero-order valence-electron chi connectivity index (χ0n) is 18.0. The Morgan fingerprint density at radius 1 is 1.18 bits per heavy atom. The first-order valence-electron chi connectivity index (χ1n) is 10.7. The number of aliphatic hydroxyl groups is 2. The molecule has 1 aromatic heterocycles. The van der Waals surface area contributed by atoms with Gasteiger partial charge in [-0.05, 0) is 52.7 Å². The van der Waals surface area contributed by atoms with E-state index < -0.39 is 18.6 Å². The van der Waals surface area contributed by atoms with Gasteiger partial charge < -0.3 is 25.2 Å². The van der Waals surface area contributed by atoms with E-state index in [-0.39, 0.29) is 12.1 Å². The van der Waals surface area contributed by atoms with Crippen LogP contribution in [0.25, 0.3) is 27.3 Å². The Morgan fingerprint density at radius 3 is 2.70 bits per heavy atom. The van der Waals surface area contributed by atoms with Crippen molar-refractivity contribution in [2.75, 3.05) is 44.4 Å². The van der Waals surface area contributed by atoms with E-state index in [9.17, 15) is 15.2 Å². The minimum atomic E-state index is -1.06. The van der Waals surface area contributed by atoms with Crippen molar-refractivity contribution < 1.29 is 19.7 Å². The molecule has 2 heterocycles. The van der Waals surface area contributed by atoms with Gasteiger partial charge in [0.2, 0.25) is 0 Å². The molecule has 33 heavy (non-hydrogen) atoms. The molecule has 1 atom stereocenters. The Labute approximate surface area is 196 Å². The summed E-state index contributed by atoms with van der Waals surface area (Å²) in [4.78, 5) is 16.3. The Bertz CT molecular complexity index is 1210. The van der Waals surface area contributed by atoms with Gasteiger partial charge in [-0.1, -0.05) is 18.2 Å². The number of carbonyl (C=O) groups is 1. The minimum Gasteiger partial charge on any atom is -0.394 e. The van der Waals surface area contributed by atoms with E-state index in [0.29, 0.717) is 0 Å². The minimum absolute atomic E-state index is 0.0531. The Kier molecular flexibility index (Phi) is 7.37. The first kappa shape index (κ1) is 23.0. The maximum atomic E-state index is 12.2. The van der Waals surface area contributed by atoms with Crippen LogP contribution < -0.4 is 10.2 Å². The van der Waals surface area contributed by atoms with Gasteiger partial charge in [0.25, 0.3) is 5.91 Å². The maximum absolute atomic E-state index is 12.2. The highest BCUT2D eigenvalue weighted by atomic mass is 32.1. The molecule has 1 fully saturated rings. The fraction of sp³-hybridized carbons (Fsp3) is 0.280. The number of aliphatic hydroxyl groups excluding tert-OH is 2. The number of nitrogens with one attached hydrogen (secondary N) is 1. The Hall–Kier alpha value is -3.22. The van der Waals surface area contributed by atoms with Crippen molar-refractivity contribution >= 4 is 39.8 Å². The summed E-state index contributed by atoms with van der Waals surface area (Å²) in [6.07, 6.45) is 0.477. The van der Waals surface area contributed by atoms with Crippen molar-refractivity contribution in [3.63, 3.8) is 0 Å². The van der Waals surface area contributed by atoms with E-state index in [4.69, 9.17) is 9.84 Å². The van der Waals surface area contributed by atoms with Crippen LogP contribution in [0.15, 0.2) is 54.1 Å². The second-order valence-corrected chi connectivity index (χ2v) is 8.88. The quantitative estimate of drug-likeness (QED) is 0.368. The molecular formula is C25H25N3O4S. The summed E-state index contributed by atoms with van der Waals surface area (Å²) in [5.74, 6) is -0.582. The monoisotopic (exact) mass is 463 g/mol. The average molecular weight is 464 g/mol. The van der Waals surface area contributed by atoms with Gasteiger partial charge >= 0.3 is 0 Å². The van der Waals surface area contributed by atoms with Gasteiger partial charge in [-0.15, -0.1) is 11.3 Å². The van der Waals surface area contributed by atoms with E-state index in [0.717, 1.165) is 47.0 Å². The summed E-state index contributed by atoms with van der Waals surface area (Å²) in [7, 11) is 0. The second-order valence-electron chi connectivity index (χ2n) is 7.76. The number of rotatable bonds is 7. The van der Waals surface area contributed by atoms with Crippen molar-refractivity contribution in [1.82, 2.24) is 5.32 Å². The van der Waals surface area contributed by atoms with Gasteiger partial charge in [0.1, 0.15) is 11.6 Å². The third kappa shape index (κ3) is 5.59. The smallest absolute Gasteiger partial charge is 0.262 e. The molecular weight excluding hydrogens is 438 g/mol. The topological polar surface area (TPSA) is 106 Å². The van der Waals surface area contributed by atoms with Gasteiger partial charge in [0.15, 0.2) is 0 Å². The summed E-state index contributed by atoms with van der Waals surface area (Å²) in [5.41, 5.74) is 2.22. The SMILES string of the molecule is N#C/C(=C\c1ccc(-c2ccc3cc(N4CCOCC4)ccc3c2)s1)C(=O)NCC(O)CO. The van der Waals surface area contributed by atoms with Crippen LogP contribution in [0.2, 0.25) is 0 Å². The number of amides is 1. The molecule has 3 aromatic rings. The Balaban J connectivity index is 1.51. The van der Waals surface area contributed by atoms with Gasteiger partial charge in [-0.25, -0.2) is 0 Å². The first-order chi connectivity index (χ1) is 16.1. The molecule has 3 N–H and O–H groups in total. The van der Waals surface area contributed by atoms with Crippen molar-refractivity contribution in [3.05, 3.63) is 59.0 Å². The van der Waals surface area contributed by atoms with Crippen molar-refractivity contribution in [2.45, 2.75) is 6.10 Å². The second kappa shape index (κ2) is 10.6. The van der Waals surface area contributed by atoms with Crippen molar-refractivity contribution in [2.24, 2.45) is 0 Å². The van der Waals surface area contributed by atoms with Crippen LogP contribution in [0.5, 0.6) is 0 Å². The highest BCUT2D eigenvalue weighted by molar-refractivity contribution is 7.16. The van der Waals surface area contributed by atoms with E-state index in [1.807, 2.05) is 18.2 Å². The number of fused-ring (bicyclic) bond motifs is 1. The van der Waals surface area contributed by atoms with E-state index in [2.05, 4.69) is 46.6 Å². The van der Waals surface area contributed by atoms with Crippen LogP contribution in [-0.2, 0) is 9.53 Å². The number of thiophene rings is 1. The lowest BCUT2D eigenvalue weighted by Crippen LogP contribution is -2.36. The molecule has 1 saturated heterocycles. The number of ether oxygens (including phenoxy) is 1. The zero-order valence-corrected chi connectivity index (χ0v) is 18.8. The van der Waals surface area contributed by atoms with Crippen LogP contribution in [0.3, 0.4) is 0 Å². The molecule has 0 bridgehead atoms. The highest BCUT2D eigenvalue weighted by Crippen LogP contribution is 2.32. The lowest BCUT2D eigenvalue weighted by molar-refractivity contribution is -0.117. The van der Waals surface area contributed by atoms with E-state index in [1.165, 1.54) is 28.5 Å². The summed E-state index contributed by atoms with van der Waals surface area (Å²) in [6, 6.07) is 18.6. The largest absolute Gasteiger partial charge is 0.394 e. The molecule has 1 amide bonds. The normalized spacial score (nSPS) is 15.3. The molecule has 1 unspecified atom stereocenters. The third-order valence-corrected chi connectivity index (χ3v) is 6.55. The van der Waals surface area contributed by atoms with Gasteiger partial charge in [0, 0.05) is 35.1 Å². The molecule has 0 spiro atoms. The molecule has 1 aliphatic heterocycles. The molecule has 1 aliphatic rings. The van der Waals surface area contributed by atoms with Crippen molar-refractivity contribution in [3.8, 4) is 16.5 Å². The molecule has 2 aromatic carbocycles. The van der Waals surface area contributed by atoms with Crippen LogP contribution in [0.4, 0.5) is 5.69 Å². The first-order valence-corrected chi connectivity index (χ1v) is 11.5. The predicted octanol–water partition coefficient (Wildman–Crippen LogP) is 2.78. The number of carbonyl (C=O) groups excluding carboxylic acids is 1. The van der Waals surface area contributed by atoms with Gasteiger partial charge in [-0.3, -0.25) is 4.79 Å². The lowest BCUT2D eigenvalue weighted by atomic mass is 10.0. The van der Waals surface area contributed by atoms with Gasteiger partial charge in [0.05, 0.1) is 25.9 Å². The fourth-order valence-electron chi connectivity index (χ4n) is 3.65. The van der Waals surface area contributed by atoms with Crippen molar-refractivity contribution in [1.29, 1.82) is 5.26 Å². The Morgan fingerprint density at radius 2 is 1.94 bits per heavy atom. The number of nitriles is 1. The van der Waals surface area contributed by atoms with Crippen LogP contribution in [-0.4, -0.2) is 61.7 Å². The maximum Gasteiger partial charge on any atom is 0.262 e. The molecule has 4 rings (SSSR count). The lowest BCUT2D eigenvalue weighted by Gasteiger charge is -2.29. The third-order valence-electron chi connectivity index (χ3n) is 5.47. The summed E-state index contributed by atoms with van der Waals surface area (Å²) < 4.78 is 5.44. The molecule has 0 radical (unpaired) electrons. The number of nitrogens with zero attached hydrogens (tertiary/aromatic N) is 2. The van der Waals surface area contributed by atoms with Crippen LogP contribution in [0, 0.1) is 11.3 Å². The molecule has 8 heteroatoms. The average Bonchev–Trinajstić information content (AvgIpc) is 3.34. The van der Waals surface area contributed by atoms with Crippen LogP contribution in [0.1, 0.15) is 4.88 Å². The number of morpholine rings is 1. The van der Waals surface area contributed by atoms with E-state index >= 15 is 0 Å². The molecule has 0 saturated carbocycles. The number of anilines is 1. The summed E-state index contributed by atoms with van der Waals surface area (Å²) in [5, 5.41) is 32.3. The number of hydrogen-bond donors (Lipinski definition) is 3. The fourth-order valence-corrected chi connectivity index (χ4v) is 4.60. The zero-order chi connectivity index (χ0) is 23.2. The summed E-state index contributed by atoms with van der Waals surface area (Å²) >= 11 is 1.49. The number of hydrogen-bond acceptors (Lipinski definition) is 7. The van der Waals surface area contributed by atoms with E-state index in [1.54, 1.807) is 0 Å². The highest BCUT2D eigenvalue weighted by Gasteiger charge is 2.13. The summed E-state index contributed by atoms with van der Waals surface area (Å²) in [6.45, 7) is 2.74. The molecule has 170 valence electrons.